The lowest BCUT2D eigenvalue weighted by atomic mass is 10.1. The molecule has 0 unspecified atom stereocenters. The SMILES string of the molecule is CCCCCCOc1ccc(Nc2c([N+](=O)[O-])cc(C(F)(F)F)cc2[N+](=O)[O-])cc1. The van der Waals surface area contributed by atoms with Crippen molar-refractivity contribution in [2.75, 3.05) is 11.9 Å². The number of nitro benzene ring substituents is 2. The van der Waals surface area contributed by atoms with E-state index in [4.69, 9.17) is 4.74 Å². The normalized spacial score (nSPS) is 11.2. The van der Waals surface area contributed by atoms with Gasteiger partial charge in [0.05, 0.1) is 22.0 Å². The standard InChI is InChI=1S/C19H20F3N3O5/c1-2-3-4-5-10-30-15-8-6-14(7-9-15)23-18-16(24(26)27)11-13(19(20,21)22)12-17(18)25(28)29/h6-9,11-12,23H,2-5,10H2,1H3. The highest BCUT2D eigenvalue weighted by Crippen LogP contribution is 2.42. The Morgan fingerprint density at radius 2 is 1.53 bits per heavy atom. The number of alkyl halides is 3. The van der Waals surface area contributed by atoms with E-state index in [0.717, 1.165) is 25.7 Å². The summed E-state index contributed by atoms with van der Waals surface area (Å²) in [7, 11) is 0. The first-order valence-electron chi connectivity index (χ1n) is 9.17. The summed E-state index contributed by atoms with van der Waals surface area (Å²) >= 11 is 0. The van der Waals surface area contributed by atoms with Crippen LogP contribution < -0.4 is 10.1 Å². The fourth-order valence-electron chi connectivity index (χ4n) is 2.69. The Labute approximate surface area is 170 Å². The molecular weight excluding hydrogens is 407 g/mol. The zero-order valence-corrected chi connectivity index (χ0v) is 16.1. The lowest BCUT2D eigenvalue weighted by Crippen LogP contribution is -2.09. The predicted octanol–water partition coefficient (Wildman–Crippen LogP) is 6.22. The molecule has 2 aromatic carbocycles. The number of nitrogens with zero attached hydrogens (tertiary/aromatic N) is 2. The van der Waals surface area contributed by atoms with E-state index in [-0.39, 0.29) is 17.8 Å². The van der Waals surface area contributed by atoms with Crippen molar-refractivity contribution in [3.05, 3.63) is 62.2 Å². The number of hydrogen-bond donors (Lipinski definition) is 1. The van der Waals surface area contributed by atoms with Crippen LogP contribution in [0.5, 0.6) is 5.75 Å². The molecule has 0 radical (unpaired) electrons. The third kappa shape index (κ3) is 6.06. The second kappa shape index (κ2) is 9.90. The minimum atomic E-state index is -4.97. The van der Waals surface area contributed by atoms with Gasteiger partial charge in [0.2, 0.25) is 0 Å². The number of halogens is 3. The van der Waals surface area contributed by atoms with Crippen LogP contribution in [0.1, 0.15) is 38.2 Å². The van der Waals surface area contributed by atoms with Crippen molar-refractivity contribution in [1.82, 2.24) is 0 Å². The van der Waals surface area contributed by atoms with Gasteiger partial charge in [-0.1, -0.05) is 26.2 Å². The average molecular weight is 427 g/mol. The first kappa shape index (κ1) is 22.9. The van der Waals surface area contributed by atoms with Crippen molar-refractivity contribution < 1.29 is 27.8 Å². The second-order valence-electron chi connectivity index (χ2n) is 6.46. The number of anilines is 2. The molecule has 2 aromatic rings. The number of rotatable bonds is 10. The van der Waals surface area contributed by atoms with Crippen molar-refractivity contribution in [1.29, 1.82) is 0 Å². The van der Waals surface area contributed by atoms with Gasteiger partial charge in [-0.2, -0.15) is 13.2 Å². The van der Waals surface area contributed by atoms with Crippen LogP contribution in [-0.2, 0) is 6.18 Å². The summed E-state index contributed by atoms with van der Waals surface area (Å²) in [4.78, 5) is 20.3. The molecule has 2 rings (SSSR count). The van der Waals surface area contributed by atoms with Gasteiger partial charge in [-0.25, -0.2) is 0 Å². The van der Waals surface area contributed by atoms with Crippen LogP contribution in [0, 0.1) is 20.2 Å². The minimum absolute atomic E-state index is 0.222. The van der Waals surface area contributed by atoms with Crippen molar-refractivity contribution in [2.24, 2.45) is 0 Å². The number of hydrogen-bond acceptors (Lipinski definition) is 6. The Morgan fingerprint density at radius 3 is 2.00 bits per heavy atom. The van der Waals surface area contributed by atoms with E-state index in [0.29, 0.717) is 12.4 Å². The van der Waals surface area contributed by atoms with Crippen LogP contribution in [-0.4, -0.2) is 16.5 Å². The zero-order chi connectivity index (χ0) is 22.3. The van der Waals surface area contributed by atoms with Gasteiger partial charge >= 0.3 is 6.18 Å². The maximum Gasteiger partial charge on any atom is 0.416 e. The Bertz CT molecular complexity index is 866. The average Bonchev–Trinajstić information content (AvgIpc) is 2.67. The summed E-state index contributed by atoms with van der Waals surface area (Å²) in [6.45, 7) is 2.61. The van der Waals surface area contributed by atoms with Gasteiger partial charge in [0.25, 0.3) is 11.4 Å². The van der Waals surface area contributed by atoms with Gasteiger partial charge in [-0.3, -0.25) is 20.2 Å². The fourth-order valence-corrected chi connectivity index (χ4v) is 2.69. The molecule has 0 amide bonds. The predicted molar refractivity (Wildman–Crippen MR) is 104 cm³/mol. The van der Waals surface area contributed by atoms with E-state index in [1.807, 2.05) is 0 Å². The molecule has 0 saturated carbocycles. The molecule has 0 aromatic heterocycles. The van der Waals surface area contributed by atoms with Gasteiger partial charge in [-0.05, 0) is 30.7 Å². The fraction of sp³-hybridized carbons (Fsp3) is 0.368. The highest BCUT2D eigenvalue weighted by Gasteiger charge is 2.37. The van der Waals surface area contributed by atoms with Crippen molar-refractivity contribution in [3.63, 3.8) is 0 Å². The molecule has 162 valence electrons. The maximum atomic E-state index is 13.0. The number of ether oxygens (including phenoxy) is 1. The van der Waals surface area contributed by atoms with Crippen LogP contribution in [0.25, 0.3) is 0 Å². The van der Waals surface area contributed by atoms with Crippen LogP contribution >= 0.6 is 0 Å². The molecule has 0 aliphatic rings. The van der Waals surface area contributed by atoms with Crippen LogP contribution in [0.15, 0.2) is 36.4 Å². The van der Waals surface area contributed by atoms with Crippen LogP contribution in [0.2, 0.25) is 0 Å². The molecule has 0 fully saturated rings. The molecule has 0 spiro atoms. The third-order valence-corrected chi connectivity index (χ3v) is 4.21. The van der Waals surface area contributed by atoms with Gasteiger partial charge in [0.15, 0.2) is 5.69 Å². The van der Waals surface area contributed by atoms with Gasteiger partial charge in [0, 0.05) is 17.8 Å². The second-order valence-corrected chi connectivity index (χ2v) is 6.46. The highest BCUT2D eigenvalue weighted by atomic mass is 19.4. The van der Waals surface area contributed by atoms with Crippen molar-refractivity contribution in [3.8, 4) is 5.75 Å². The van der Waals surface area contributed by atoms with Crippen molar-refractivity contribution >= 4 is 22.7 Å². The quantitative estimate of drug-likeness (QED) is 0.274. The van der Waals surface area contributed by atoms with Crippen LogP contribution in [0.3, 0.4) is 0 Å². The number of nitrogens with one attached hydrogen (secondary N) is 1. The summed E-state index contributed by atoms with van der Waals surface area (Å²) in [5.74, 6) is 0.536. The topological polar surface area (TPSA) is 108 Å². The Kier molecular flexibility index (Phi) is 7.56. The van der Waals surface area contributed by atoms with E-state index in [1.54, 1.807) is 12.1 Å². The van der Waals surface area contributed by atoms with Gasteiger partial charge in [-0.15, -0.1) is 0 Å². The van der Waals surface area contributed by atoms with E-state index < -0.39 is 38.6 Å². The molecule has 8 nitrogen and oxygen atoms in total. The Hall–Kier alpha value is -3.37. The number of unbranched alkanes of at least 4 members (excludes halogenated alkanes) is 3. The molecule has 0 saturated heterocycles. The zero-order valence-electron chi connectivity index (χ0n) is 16.1. The van der Waals surface area contributed by atoms with E-state index >= 15 is 0 Å². The molecule has 1 N–H and O–H groups in total. The molecule has 0 aliphatic heterocycles. The summed E-state index contributed by atoms with van der Waals surface area (Å²) < 4.78 is 44.5. The lowest BCUT2D eigenvalue weighted by Gasteiger charge is -2.12. The molecule has 0 aliphatic carbocycles. The monoisotopic (exact) mass is 427 g/mol. The molecule has 0 heterocycles. The Morgan fingerprint density at radius 1 is 0.967 bits per heavy atom. The lowest BCUT2D eigenvalue weighted by molar-refractivity contribution is -0.392. The summed E-state index contributed by atoms with van der Waals surface area (Å²) in [5.41, 5.74) is -3.98. The largest absolute Gasteiger partial charge is 0.494 e. The molecule has 0 bridgehead atoms. The first-order valence-corrected chi connectivity index (χ1v) is 9.17. The third-order valence-electron chi connectivity index (χ3n) is 4.21. The first-order chi connectivity index (χ1) is 14.1. The molecule has 11 heteroatoms. The van der Waals surface area contributed by atoms with Gasteiger partial charge < -0.3 is 10.1 Å². The smallest absolute Gasteiger partial charge is 0.416 e. The summed E-state index contributed by atoms with van der Waals surface area (Å²) in [5, 5.41) is 25.0. The van der Waals surface area contributed by atoms with Crippen LogP contribution in [0.4, 0.5) is 35.9 Å². The minimum Gasteiger partial charge on any atom is -0.494 e. The molecule has 0 atom stereocenters. The summed E-state index contributed by atoms with van der Waals surface area (Å²) in [6, 6.07) is 6.58. The van der Waals surface area contributed by atoms with Crippen molar-refractivity contribution in [2.45, 2.75) is 38.8 Å². The highest BCUT2D eigenvalue weighted by molar-refractivity contribution is 5.80. The molecular formula is C19H20F3N3O5. The summed E-state index contributed by atoms with van der Waals surface area (Å²) in [6.07, 6.45) is -0.834. The Balaban J connectivity index is 2.26. The van der Waals surface area contributed by atoms with E-state index in [2.05, 4.69) is 12.2 Å². The maximum absolute atomic E-state index is 13.0. The van der Waals surface area contributed by atoms with Gasteiger partial charge in [0.1, 0.15) is 5.75 Å². The number of benzene rings is 2. The van der Waals surface area contributed by atoms with E-state index in [9.17, 15) is 33.4 Å². The van der Waals surface area contributed by atoms with E-state index in [1.165, 1.54) is 12.1 Å². The molecule has 30 heavy (non-hydrogen) atoms. The number of nitro groups is 2.